The van der Waals surface area contributed by atoms with Crippen molar-refractivity contribution < 1.29 is 4.39 Å². The first kappa shape index (κ1) is 16.7. The summed E-state index contributed by atoms with van der Waals surface area (Å²) in [6.45, 7) is 0.659. The van der Waals surface area contributed by atoms with Gasteiger partial charge in [0.15, 0.2) is 0 Å². The minimum absolute atomic E-state index is 0.239. The molecule has 0 aliphatic carbocycles. The summed E-state index contributed by atoms with van der Waals surface area (Å²) in [6, 6.07) is 12.5. The molecule has 3 nitrogen and oxygen atoms in total. The first-order chi connectivity index (χ1) is 12.1. The van der Waals surface area contributed by atoms with Gasteiger partial charge in [0, 0.05) is 11.6 Å². The molecule has 0 unspecified atom stereocenters. The average molecular weight is 376 g/mol. The SMILES string of the molecule is Fc1ccc2c(c1)NC1(CCSCC1)C(NCc1cccc(Cl)c1)=N2. The van der Waals surface area contributed by atoms with Crippen LogP contribution in [0.15, 0.2) is 47.5 Å². The van der Waals surface area contributed by atoms with Gasteiger partial charge in [0.05, 0.1) is 16.9 Å². The first-order valence-electron chi connectivity index (χ1n) is 8.38. The molecular weight excluding hydrogens is 357 g/mol. The summed E-state index contributed by atoms with van der Waals surface area (Å²) in [6.07, 6.45) is 1.93. The predicted molar refractivity (Wildman–Crippen MR) is 105 cm³/mol. The van der Waals surface area contributed by atoms with Gasteiger partial charge in [-0.1, -0.05) is 23.7 Å². The van der Waals surface area contributed by atoms with E-state index in [9.17, 15) is 4.39 Å². The maximum Gasteiger partial charge on any atom is 0.128 e. The van der Waals surface area contributed by atoms with Crippen molar-refractivity contribution in [3.63, 3.8) is 0 Å². The second kappa shape index (κ2) is 6.89. The third-order valence-electron chi connectivity index (χ3n) is 4.71. The van der Waals surface area contributed by atoms with E-state index in [0.29, 0.717) is 6.54 Å². The molecule has 4 rings (SSSR count). The number of aliphatic imine (C=N–C) groups is 1. The van der Waals surface area contributed by atoms with Gasteiger partial charge in [-0.05, 0) is 60.2 Å². The highest BCUT2D eigenvalue weighted by atomic mass is 35.5. The van der Waals surface area contributed by atoms with Crippen molar-refractivity contribution in [2.45, 2.75) is 24.9 Å². The summed E-state index contributed by atoms with van der Waals surface area (Å²) in [4.78, 5) is 4.84. The van der Waals surface area contributed by atoms with Gasteiger partial charge in [0.2, 0.25) is 0 Å². The fourth-order valence-corrected chi connectivity index (χ4v) is 4.78. The van der Waals surface area contributed by atoms with Gasteiger partial charge < -0.3 is 10.6 Å². The maximum absolute atomic E-state index is 13.6. The molecule has 2 heterocycles. The Kier molecular flexibility index (Phi) is 4.61. The molecule has 0 bridgehead atoms. The number of fused-ring (bicyclic) bond motifs is 1. The predicted octanol–water partition coefficient (Wildman–Crippen LogP) is 4.99. The zero-order valence-electron chi connectivity index (χ0n) is 13.7. The van der Waals surface area contributed by atoms with Crippen molar-refractivity contribution in [2.24, 2.45) is 4.99 Å². The second-order valence-corrected chi connectivity index (χ2v) is 8.09. The Morgan fingerprint density at radius 3 is 2.84 bits per heavy atom. The molecule has 130 valence electrons. The van der Waals surface area contributed by atoms with Crippen molar-refractivity contribution in [3.8, 4) is 0 Å². The largest absolute Gasteiger partial charge is 0.371 e. The monoisotopic (exact) mass is 375 g/mol. The molecule has 0 amide bonds. The number of nitrogens with zero attached hydrogens (tertiary/aromatic N) is 1. The highest BCUT2D eigenvalue weighted by molar-refractivity contribution is 7.99. The normalized spacial score (nSPS) is 18.2. The number of thioether (sulfide) groups is 1. The molecule has 2 aromatic rings. The molecular formula is C19H19ClFN3S. The van der Waals surface area contributed by atoms with E-state index in [4.69, 9.17) is 16.6 Å². The minimum atomic E-state index is -0.245. The molecule has 1 saturated heterocycles. The second-order valence-electron chi connectivity index (χ2n) is 6.42. The van der Waals surface area contributed by atoms with E-state index >= 15 is 0 Å². The van der Waals surface area contributed by atoms with Crippen LogP contribution in [0.3, 0.4) is 0 Å². The number of nitrogens with one attached hydrogen (secondary N) is 2. The van der Waals surface area contributed by atoms with Crippen LogP contribution in [0.5, 0.6) is 0 Å². The Hall–Kier alpha value is -1.72. The zero-order valence-corrected chi connectivity index (χ0v) is 15.3. The van der Waals surface area contributed by atoms with Crippen LogP contribution < -0.4 is 10.6 Å². The van der Waals surface area contributed by atoms with Crippen LogP contribution in [0.2, 0.25) is 5.02 Å². The van der Waals surface area contributed by atoms with Crippen molar-refractivity contribution in [1.82, 2.24) is 5.32 Å². The molecule has 2 aromatic carbocycles. The number of hydrogen-bond donors (Lipinski definition) is 2. The number of anilines is 1. The van der Waals surface area contributed by atoms with Gasteiger partial charge in [0.1, 0.15) is 11.7 Å². The van der Waals surface area contributed by atoms with E-state index in [1.54, 1.807) is 6.07 Å². The lowest BCUT2D eigenvalue weighted by atomic mass is 9.88. The summed E-state index contributed by atoms with van der Waals surface area (Å²) >= 11 is 8.03. The lowest BCUT2D eigenvalue weighted by Crippen LogP contribution is -2.55. The number of amidine groups is 1. The Morgan fingerprint density at radius 2 is 2.04 bits per heavy atom. The fraction of sp³-hybridized carbons (Fsp3) is 0.316. The molecule has 0 saturated carbocycles. The molecule has 1 spiro atoms. The number of rotatable bonds is 2. The topological polar surface area (TPSA) is 36.4 Å². The van der Waals surface area contributed by atoms with Crippen molar-refractivity contribution in [3.05, 3.63) is 58.9 Å². The van der Waals surface area contributed by atoms with E-state index in [2.05, 4.69) is 10.6 Å². The van der Waals surface area contributed by atoms with E-state index in [0.717, 1.165) is 52.1 Å². The van der Waals surface area contributed by atoms with Gasteiger partial charge in [-0.3, -0.25) is 0 Å². The van der Waals surface area contributed by atoms with Crippen molar-refractivity contribution >= 4 is 40.6 Å². The Balaban J connectivity index is 1.64. The quantitative estimate of drug-likeness (QED) is 0.776. The molecule has 0 atom stereocenters. The van der Waals surface area contributed by atoms with E-state index in [-0.39, 0.29) is 11.4 Å². The first-order valence-corrected chi connectivity index (χ1v) is 9.91. The molecule has 2 N–H and O–H groups in total. The molecule has 2 aliphatic rings. The summed E-state index contributed by atoms with van der Waals surface area (Å²) in [5.41, 5.74) is 2.42. The lowest BCUT2D eigenvalue weighted by Gasteiger charge is -2.42. The minimum Gasteiger partial charge on any atom is -0.371 e. The summed E-state index contributed by atoms with van der Waals surface area (Å²) in [5, 5.41) is 7.81. The molecule has 2 aliphatic heterocycles. The van der Waals surface area contributed by atoms with E-state index in [1.165, 1.54) is 12.1 Å². The highest BCUT2D eigenvalue weighted by Gasteiger charge is 2.40. The van der Waals surface area contributed by atoms with Crippen molar-refractivity contribution in [2.75, 3.05) is 16.8 Å². The van der Waals surface area contributed by atoms with Crippen molar-refractivity contribution in [1.29, 1.82) is 0 Å². The van der Waals surface area contributed by atoms with Crippen LogP contribution in [0.25, 0.3) is 0 Å². The Morgan fingerprint density at radius 1 is 1.20 bits per heavy atom. The average Bonchev–Trinajstić information content (AvgIpc) is 2.61. The molecule has 6 heteroatoms. The highest BCUT2D eigenvalue weighted by Crippen LogP contribution is 2.39. The maximum atomic E-state index is 13.6. The molecule has 0 radical (unpaired) electrons. The van der Waals surface area contributed by atoms with Crippen LogP contribution >= 0.6 is 23.4 Å². The molecule has 1 fully saturated rings. The van der Waals surface area contributed by atoms with Crippen LogP contribution in [0.4, 0.5) is 15.8 Å². The Bertz CT molecular complexity index is 818. The van der Waals surface area contributed by atoms with Crippen LogP contribution in [-0.2, 0) is 6.54 Å². The van der Waals surface area contributed by atoms with E-state index < -0.39 is 0 Å². The standard InChI is InChI=1S/C19H19ClFN3S/c20-14-3-1-2-13(10-14)12-22-18-19(6-8-25-9-7-19)24-17-11-15(21)4-5-16(17)23-18/h1-5,10-11,24H,6-9,12H2,(H,22,23). The van der Waals surface area contributed by atoms with Crippen LogP contribution in [-0.4, -0.2) is 22.9 Å². The van der Waals surface area contributed by atoms with Gasteiger partial charge in [-0.25, -0.2) is 9.38 Å². The number of halogens is 2. The zero-order chi connectivity index (χ0) is 17.3. The van der Waals surface area contributed by atoms with Crippen LogP contribution in [0, 0.1) is 5.82 Å². The smallest absolute Gasteiger partial charge is 0.128 e. The lowest BCUT2D eigenvalue weighted by molar-refractivity contribution is 0.542. The van der Waals surface area contributed by atoms with Gasteiger partial charge in [-0.2, -0.15) is 11.8 Å². The number of benzene rings is 2. The van der Waals surface area contributed by atoms with Gasteiger partial charge >= 0.3 is 0 Å². The van der Waals surface area contributed by atoms with Crippen LogP contribution in [0.1, 0.15) is 18.4 Å². The third kappa shape index (κ3) is 3.48. The van der Waals surface area contributed by atoms with Gasteiger partial charge in [-0.15, -0.1) is 0 Å². The molecule has 0 aromatic heterocycles. The van der Waals surface area contributed by atoms with Gasteiger partial charge in [0.25, 0.3) is 0 Å². The third-order valence-corrected chi connectivity index (χ3v) is 5.93. The summed E-state index contributed by atoms with van der Waals surface area (Å²) in [5.74, 6) is 2.83. The fourth-order valence-electron chi connectivity index (χ4n) is 3.37. The molecule has 25 heavy (non-hydrogen) atoms. The Labute approximate surface area is 156 Å². The summed E-state index contributed by atoms with van der Waals surface area (Å²) in [7, 11) is 0. The summed E-state index contributed by atoms with van der Waals surface area (Å²) < 4.78 is 13.6. The van der Waals surface area contributed by atoms with E-state index in [1.807, 2.05) is 36.0 Å². The number of hydrogen-bond acceptors (Lipinski definition) is 4.